The van der Waals surface area contributed by atoms with Crippen molar-refractivity contribution in [3.05, 3.63) is 59.2 Å². The van der Waals surface area contributed by atoms with Gasteiger partial charge in [-0.25, -0.2) is 4.98 Å². The predicted molar refractivity (Wildman–Crippen MR) is 110 cm³/mol. The minimum Gasteiger partial charge on any atom is -0.310 e. The van der Waals surface area contributed by atoms with E-state index >= 15 is 0 Å². The molecule has 0 aliphatic carbocycles. The summed E-state index contributed by atoms with van der Waals surface area (Å²) in [6.07, 6.45) is 2.62. The third kappa shape index (κ3) is 5.28. The molecule has 27 heavy (non-hydrogen) atoms. The molecule has 1 aromatic heterocycles. The van der Waals surface area contributed by atoms with Crippen LogP contribution in [0.25, 0.3) is 0 Å². The molecule has 0 bridgehead atoms. The van der Waals surface area contributed by atoms with Crippen LogP contribution in [-0.4, -0.2) is 52.9 Å². The number of aromatic nitrogens is 1. The van der Waals surface area contributed by atoms with Crippen LogP contribution in [0.15, 0.2) is 48.7 Å². The van der Waals surface area contributed by atoms with Crippen LogP contribution >= 0.6 is 11.6 Å². The summed E-state index contributed by atoms with van der Waals surface area (Å²) < 4.78 is 0. The Morgan fingerprint density at radius 1 is 1.33 bits per heavy atom. The average molecular weight is 387 g/mol. The van der Waals surface area contributed by atoms with Gasteiger partial charge in [0, 0.05) is 31.4 Å². The van der Waals surface area contributed by atoms with Gasteiger partial charge in [-0.2, -0.15) is 0 Å². The van der Waals surface area contributed by atoms with Crippen molar-refractivity contribution in [1.82, 2.24) is 14.8 Å². The summed E-state index contributed by atoms with van der Waals surface area (Å²) in [6.45, 7) is 7.62. The molecule has 2 atom stereocenters. The lowest BCUT2D eigenvalue weighted by Gasteiger charge is -2.29. The molecular formula is C21H27ClN4O. The van der Waals surface area contributed by atoms with E-state index in [1.165, 1.54) is 11.8 Å². The summed E-state index contributed by atoms with van der Waals surface area (Å²) in [5, 5.41) is 3.41. The number of hydrogen-bond donors (Lipinski definition) is 1. The molecule has 1 N–H and O–H groups in total. The Morgan fingerprint density at radius 2 is 2.11 bits per heavy atom. The lowest BCUT2D eigenvalue weighted by molar-refractivity contribution is -0.117. The number of nitrogens with zero attached hydrogens (tertiary/aromatic N) is 3. The lowest BCUT2D eigenvalue weighted by atomic mass is 10.1. The van der Waals surface area contributed by atoms with Gasteiger partial charge in [-0.1, -0.05) is 48.9 Å². The number of halogens is 1. The van der Waals surface area contributed by atoms with Gasteiger partial charge in [0.25, 0.3) is 0 Å². The molecule has 2 unspecified atom stereocenters. The zero-order chi connectivity index (χ0) is 19.2. The first kappa shape index (κ1) is 19.8. The summed E-state index contributed by atoms with van der Waals surface area (Å²) in [5.41, 5.74) is 1.34. The Labute approximate surface area is 166 Å². The number of pyridine rings is 1. The zero-order valence-corrected chi connectivity index (χ0v) is 16.7. The smallest absolute Gasteiger partial charge is 0.239 e. The molecule has 0 radical (unpaired) electrons. The van der Waals surface area contributed by atoms with E-state index in [2.05, 4.69) is 64.3 Å². The number of hydrogen-bond acceptors (Lipinski definition) is 4. The number of nitrogens with one attached hydrogen (secondary N) is 1. The predicted octanol–water partition coefficient (Wildman–Crippen LogP) is 3.83. The van der Waals surface area contributed by atoms with Crippen molar-refractivity contribution in [3.63, 3.8) is 0 Å². The number of likely N-dealkylation sites (tertiary alicyclic amines) is 1. The van der Waals surface area contributed by atoms with Crippen molar-refractivity contribution in [1.29, 1.82) is 0 Å². The number of carbonyl (C=O) groups is 1. The number of carbonyl (C=O) groups excluding carboxylic acids is 1. The third-order valence-electron chi connectivity index (χ3n) is 5.29. The normalized spacial score (nSPS) is 18.6. The second-order valence-corrected chi connectivity index (χ2v) is 7.43. The zero-order valence-electron chi connectivity index (χ0n) is 15.9. The van der Waals surface area contributed by atoms with E-state index in [0.29, 0.717) is 29.5 Å². The first-order valence-corrected chi connectivity index (χ1v) is 9.89. The van der Waals surface area contributed by atoms with E-state index in [4.69, 9.17) is 11.6 Å². The van der Waals surface area contributed by atoms with Crippen LogP contribution < -0.4 is 5.32 Å². The maximum absolute atomic E-state index is 12.4. The number of amides is 1. The Hall–Kier alpha value is -1.95. The van der Waals surface area contributed by atoms with Crippen molar-refractivity contribution in [2.45, 2.75) is 32.4 Å². The van der Waals surface area contributed by atoms with Crippen LogP contribution in [0, 0.1) is 0 Å². The Kier molecular flexibility index (Phi) is 6.83. The molecule has 1 amide bonds. The van der Waals surface area contributed by atoms with Gasteiger partial charge in [-0.3, -0.25) is 14.6 Å². The highest BCUT2D eigenvalue weighted by Crippen LogP contribution is 2.26. The molecule has 5 nitrogen and oxygen atoms in total. The summed E-state index contributed by atoms with van der Waals surface area (Å²) in [4.78, 5) is 21.3. The highest BCUT2D eigenvalue weighted by atomic mass is 35.5. The molecule has 2 aromatic rings. The molecule has 1 aliphatic rings. The van der Waals surface area contributed by atoms with Crippen molar-refractivity contribution in [2.24, 2.45) is 0 Å². The van der Waals surface area contributed by atoms with Crippen LogP contribution in [0.3, 0.4) is 0 Å². The number of anilines is 1. The third-order valence-corrected chi connectivity index (χ3v) is 5.51. The molecule has 2 heterocycles. The fourth-order valence-electron chi connectivity index (χ4n) is 3.68. The van der Waals surface area contributed by atoms with Gasteiger partial charge in [-0.15, -0.1) is 0 Å². The van der Waals surface area contributed by atoms with Crippen molar-refractivity contribution < 1.29 is 4.79 Å². The van der Waals surface area contributed by atoms with E-state index in [1.807, 2.05) is 0 Å². The SMILES string of the molecule is CCN(CC(=O)Nc1ccc(Cl)cn1)C1CCN(C(C)c2ccccc2)C1. The van der Waals surface area contributed by atoms with E-state index in [-0.39, 0.29) is 5.91 Å². The van der Waals surface area contributed by atoms with Crippen LogP contribution in [0.5, 0.6) is 0 Å². The topological polar surface area (TPSA) is 48.5 Å². The Balaban J connectivity index is 1.54. The molecule has 144 valence electrons. The maximum atomic E-state index is 12.4. The quantitative estimate of drug-likeness (QED) is 0.785. The van der Waals surface area contributed by atoms with Gasteiger partial charge in [0.05, 0.1) is 11.6 Å². The Morgan fingerprint density at radius 3 is 2.78 bits per heavy atom. The molecule has 6 heteroatoms. The fraction of sp³-hybridized carbons (Fsp3) is 0.429. The van der Waals surface area contributed by atoms with Crippen LogP contribution in [-0.2, 0) is 4.79 Å². The molecule has 0 spiro atoms. The van der Waals surface area contributed by atoms with Crippen molar-refractivity contribution in [2.75, 3.05) is 31.5 Å². The van der Waals surface area contributed by atoms with Gasteiger partial charge in [0.15, 0.2) is 0 Å². The first-order chi connectivity index (χ1) is 13.1. The highest BCUT2D eigenvalue weighted by Gasteiger charge is 2.30. The first-order valence-electron chi connectivity index (χ1n) is 9.51. The second kappa shape index (κ2) is 9.31. The lowest BCUT2D eigenvalue weighted by Crippen LogP contribution is -2.42. The van der Waals surface area contributed by atoms with Gasteiger partial charge in [0.2, 0.25) is 5.91 Å². The summed E-state index contributed by atoms with van der Waals surface area (Å²) in [5.74, 6) is 0.493. The van der Waals surface area contributed by atoms with Crippen LogP contribution in [0.2, 0.25) is 5.02 Å². The van der Waals surface area contributed by atoms with E-state index in [0.717, 1.165) is 26.1 Å². The molecule has 0 saturated carbocycles. The molecule has 1 aromatic carbocycles. The maximum Gasteiger partial charge on any atom is 0.239 e. The minimum absolute atomic E-state index is 0.0405. The fourth-order valence-corrected chi connectivity index (χ4v) is 3.79. The van der Waals surface area contributed by atoms with E-state index in [9.17, 15) is 4.79 Å². The summed E-state index contributed by atoms with van der Waals surface area (Å²) in [7, 11) is 0. The molecule has 3 rings (SSSR count). The number of likely N-dealkylation sites (N-methyl/N-ethyl adjacent to an activating group) is 1. The van der Waals surface area contributed by atoms with Crippen molar-refractivity contribution in [3.8, 4) is 0 Å². The van der Waals surface area contributed by atoms with Gasteiger partial charge >= 0.3 is 0 Å². The second-order valence-electron chi connectivity index (χ2n) is 7.00. The summed E-state index contributed by atoms with van der Waals surface area (Å²) >= 11 is 5.84. The average Bonchev–Trinajstić information content (AvgIpc) is 3.18. The largest absolute Gasteiger partial charge is 0.310 e. The molecule has 1 aliphatic heterocycles. The highest BCUT2D eigenvalue weighted by molar-refractivity contribution is 6.30. The van der Waals surface area contributed by atoms with E-state index < -0.39 is 0 Å². The van der Waals surface area contributed by atoms with Crippen LogP contribution in [0.4, 0.5) is 5.82 Å². The van der Waals surface area contributed by atoms with Gasteiger partial charge in [-0.05, 0) is 37.6 Å². The standard InChI is InChI=1S/C21H27ClN4O/c1-3-25(15-21(27)24-20-10-9-18(22)13-23-20)19-11-12-26(14-19)16(2)17-7-5-4-6-8-17/h4-10,13,16,19H,3,11-12,14-15H2,1-2H3,(H,23,24,27). The monoisotopic (exact) mass is 386 g/mol. The summed E-state index contributed by atoms with van der Waals surface area (Å²) in [6, 6.07) is 14.8. The van der Waals surface area contributed by atoms with Gasteiger partial charge < -0.3 is 5.32 Å². The minimum atomic E-state index is -0.0405. The van der Waals surface area contributed by atoms with Gasteiger partial charge in [0.1, 0.15) is 5.82 Å². The van der Waals surface area contributed by atoms with Crippen molar-refractivity contribution >= 4 is 23.3 Å². The molecule has 1 fully saturated rings. The number of benzene rings is 1. The molecule has 1 saturated heterocycles. The van der Waals surface area contributed by atoms with E-state index in [1.54, 1.807) is 12.1 Å². The number of rotatable bonds is 7. The van der Waals surface area contributed by atoms with Crippen LogP contribution in [0.1, 0.15) is 31.9 Å². The Bertz CT molecular complexity index is 738. The molecular weight excluding hydrogens is 360 g/mol.